The third kappa shape index (κ3) is 0.829. The van der Waals surface area contributed by atoms with E-state index in [-0.39, 0.29) is 18.0 Å². The van der Waals surface area contributed by atoms with E-state index in [1.807, 2.05) is 0 Å². The van der Waals surface area contributed by atoms with Gasteiger partial charge in [0.15, 0.2) is 11.9 Å². The second kappa shape index (κ2) is 2.19. The Bertz CT molecular complexity index is 320. The molecule has 0 spiro atoms. The minimum atomic E-state index is -0.860. The van der Waals surface area contributed by atoms with Crippen LogP contribution in [0.15, 0.2) is 0 Å². The summed E-state index contributed by atoms with van der Waals surface area (Å²) >= 11 is 0. The van der Waals surface area contributed by atoms with Gasteiger partial charge in [-0.2, -0.15) is 0 Å². The summed E-state index contributed by atoms with van der Waals surface area (Å²) in [6, 6.07) is 0. The molecule has 0 amide bonds. The highest BCUT2D eigenvalue weighted by Gasteiger charge is 2.63. The van der Waals surface area contributed by atoms with Crippen molar-refractivity contribution in [3.8, 4) is 0 Å². The van der Waals surface area contributed by atoms with Crippen LogP contribution in [0.2, 0.25) is 0 Å². The van der Waals surface area contributed by atoms with Crippen LogP contribution in [0.3, 0.4) is 0 Å². The van der Waals surface area contributed by atoms with E-state index in [9.17, 15) is 14.4 Å². The summed E-state index contributed by atoms with van der Waals surface area (Å²) in [7, 11) is 0. The highest BCUT2D eigenvalue weighted by Crippen LogP contribution is 2.45. The van der Waals surface area contributed by atoms with E-state index in [4.69, 9.17) is 4.74 Å². The third-order valence-electron chi connectivity index (χ3n) is 2.98. The lowest BCUT2D eigenvalue weighted by molar-refractivity contribution is -0.211. The summed E-state index contributed by atoms with van der Waals surface area (Å²) in [4.78, 5) is 33.8. The van der Waals surface area contributed by atoms with Gasteiger partial charge in [-0.1, -0.05) is 0 Å². The minimum Gasteiger partial charge on any atom is -0.453 e. The number of hydrogen-bond acceptors (Lipinski definition) is 4. The molecule has 2 aliphatic rings. The predicted molar refractivity (Wildman–Crippen MR) is 41.8 cm³/mol. The first-order chi connectivity index (χ1) is 5.97. The summed E-state index contributed by atoms with van der Waals surface area (Å²) < 4.78 is 4.74. The molecule has 3 unspecified atom stereocenters. The summed E-state index contributed by atoms with van der Waals surface area (Å²) in [5, 5.41) is 0. The molecule has 0 bridgehead atoms. The quantitative estimate of drug-likeness (QED) is 0.393. The molecular weight excluding hydrogens is 172 g/mol. The van der Waals surface area contributed by atoms with Crippen LogP contribution in [0.5, 0.6) is 0 Å². The molecule has 3 atom stereocenters. The number of ketones is 2. The Morgan fingerprint density at radius 3 is 2.54 bits per heavy atom. The summed E-state index contributed by atoms with van der Waals surface area (Å²) in [5.74, 6) is -1.43. The van der Waals surface area contributed by atoms with Gasteiger partial charge in [0.25, 0.3) is 0 Å². The lowest BCUT2D eigenvalue weighted by Gasteiger charge is -2.46. The van der Waals surface area contributed by atoms with E-state index in [2.05, 4.69) is 0 Å². The Balaban J connectivity index is 2.34. The molecule has 4 nitrogen and oxygen atoms in total. The molecule has 1 aliphatic heterocycles. The largest absolute Gasteiger partial charge is 0.453 e. The molecule has 13 heavy (non-hydrogen) atoms. The van der Waals surface area contributed by atoms with Gasteiger partial charge in [0.2, 0.25) is 0 Å². The fourth-order valence-corrected chi connectivity index (χ4v) is 1.86. The zero-order valence-electron chi connectivity index (χ0n) is 7.49. The van der Waals surface area contributed by atoms with Gasteiger partial charge in [0.1, 0.15) is 11.2 Å². The first-order valence-corrected chi connectivity index (χ1v) is 4.24. The molecule has 0 aromatic heterocycles. The van der Waals surface area contributed by atoms with Gasteiger partial charge in [0.05, 0.1) is 5.92 Å². The van der Waals surface area contributed by atoms with Crippen LogP contribution in [0.1, 0.15) is 20.3 Å². The van der Waals surface area contributed by atoms with Crippen LogP contribution in [0.4, 0.5) is 0 Å². The zero-order valence-corrected chi connectivity index (χ0v) is 7.49. The van der Waals surface area contributed by atoms with Crippen LogP contribution in [0, 0.1) is 11.3 Å². The lowest BCUT2D eigenvalue weighted by Crippen LogP contribution is -2.64. The maximum atomic E-state index is 11.4. The van der Waals surface area contributed by atoms with Crippen molar-refractivity contribution >= 4 is 17.5 Å². The molecule has 4 heteroatoms. The second-order valence-electron chi connectivity index (χ2n) is 3.97. The smallest absolute Gasteiger partial charge is 0.317 e. The molecular formula is C9H10O4. The van der Waals surface area contributed by atoms with E-state index < -0.39 is 23.4 Å². The minimum absolute atomic E-state index is 0.142. The van der Waals surface area contributed by atoms with Gasteiger partial charge < -0.3 is 4.74 Å². The summed E-state index contributed by atoms with van der Waals surface area (Å²) in [5.41, 5.74) is -0.860. The lowest BCUT2D eigenvalue weighted by atomic mass is 9.65. The molecule has 0 aromatic rings. The van der Waals surface area contributed by atoms with Crippen LogP contribution in [-0.4, -0.2) is 23.6 Å². The summed E-state index contributed by atoms with van der Waals surface area (Å²) in [6.45, 7) is 3.18. The zero-order chi connectivity index (χ0) is 9.80. The number of fused-ring (bicyclic) bond motifs is 1. The first-order valence-electron chi connectivity index (χ1n) is 4.24. The van der Waals surface area contributed by atoms with Gasteiger partial charge in [-0.25, -0.2) is 0 Å². The van der Waals surface area contributed by atoms with Crippen LogP contribution in [-0.2, 0) is 19.1 Å². The number of carbonyl (C=O) groups excluding carboxylic acids is 3. The van der Waals surface area contributed by atoms with E-state index in [0.717, 1.165) is 0 Å². The number of hydrogen-bond donors (Lipinski definition) is 0. The molecule has 0 N–H and O–H groups in total. The standard InChI is InChI=1S/C9H10O4/c1-4-5(10)3-9(2)7(6(4)11)13-8(9)12/h4,7H,3H2,1-2H3. The van der Waals surface area contributed by atoms with E-state index in [1.165, 1.54) is 0 Å². The van der Waals surface area contributed by atoms with E-state index in [0.29, 0.717) is 0 Å². The maximum Gasteiger partial charge on any atom is 0.317 e. The molecule has 0 radical (unpaired) electrons. The molecule has 2 rings (SSSR count). The Morgan fingerprint density at radius 2 is 2.00 bits per heavy atom. The molecule has 1 heterocycles. The normalized spacial score (nSPS) is 43.7. The molecule has 0 aromatic carbocycles. The van der Waals surface area contributed by atoms with Crippen LogP contribution in [0.25, 0.3) is 0 Å². The average Bonchev–Trinajstić information content (AvgIpc) is 2.09. The fraction of sp³-hybridized carbons (Fsp3) is 0.667. The SMILES string of the molecule is CC1C(=O)CC2(C)C(=O)OC2C1=O. The second-order valence-corrected chi connectivity index (χ2v) is 3.97. The Morgan fingerprint density at radius 1 is 1.38 bits per heavy atom. The number of carbonyl (C=O) groups is 3. The van der Waals surface area contributed by atoms with E-state index >= 15 is 0 Å². The summed E-state index contributed by atoms with van der Waals surface area (Å²) in [6.07, 6.45) is -0.531. The van der Waals surface area contributed by atoms with Crippen molar-refractivity contribution in [1.82, 2.24) is 0 Å². The number of rotatable bonds is 0. The van der Waals surface area contributed by atoms with Crippen LogP contribution < -0.4 is 0 Å². The Kier molecular flexibility index (Phi) is 1.41. The first kappa shape index (κ1) is 8.41. The molecule has 1 saturated carbocycles. The highest BCUT2D eigenvalue weighted by molar-refractivity contribution is 6.13. The van der Waals surface area contributed by atoms with Gasteiger partial charge in [-0.05, 0) is 13.8 Å². The van der Waals surface area contributed by atoms with Crippen LogP contribution >= 0.6 is 0 Å². The third-order valence-corrected chi connectivity index (χ3v) is 2.98. The number of esters is 1. The van der Waals surface area contributed by atoms with Gasteiger partial charge in [0, 0.05) is 6.42 Å². The molecule has 1 aliphatic carbocycles. The Hall–Kier alpha value is -1.19. The predicted octanol–water partition coefficient (Wildman–Crippen LogP) is 0.0961. The highest BCUT2D eigenvalue weighted by atomic mass is 16.6. The van der Waals surface area contributed by atoms with Crippen molar-refractivity contribution in [1.29, 1.82) is 0 Å². The van der Waals surface area contributed by atoms with Crippen molar-refractivity contribution < 1.29 is 19.1 Å². The monoisotopic (exact) mass is 182 g/mol. The molecule has 2 fully saturated rings. The van der Waals surface area contributed by atoms with Crippen molar-refractivity contribution in [2.24, 2.45) is 11.3 Å². The van der Waals surface area contributed by atoms with Crippen molar-refractivity contribution in [2.75, 3.05) is 0 Å². The number of Topliss-reactive ketones (excluding diaryl/α,β-unsaturated/α-hetero) is 2. The molecule has 1 saturated heterocycles. The maximum absolute atomic E-state index is 11.4. The molecule has 70 valence electrons. The average molecular weight is 182 g/mol. The topological polar surface area (TPSA) is 60.4 Å². The van der Waals surface area contributed by atoms with E-state index in [1.54, 1.807) is 13.8 Å². The van der Waals surface area contributed by atoms with Gasteiger partial charge in [-0.15, -0.1) is 0 Å². The van der Waals surface area contributed by atoms with Gasteiger partial charge >= 0.3 is 5.97 Å². The fourth-order valence-electron chi connectivity index (χ4n) is 1.86. The van der Waals surface area contributed by atoms with Gasteiger partial charge in [-0.3, -0.25) is 14.4 Å². The van der Waals surface area contributed by atoms with Crippen molar-refractivity contribution in [3.63, 3.8) is 0 Å². The Labute approximate surface area is 75.2 Å². The van der Waals surface area contributed by atoms with Crippen molar-refractivity contribution in [3.05, 3.63) is 0 Å². The van der Waals surface area contributed by atoms with Crippen molar-refractivity contribution in [2.45, 2.75) is 26.4 Å². The number of ether oxygens (including phenoxy) is 1.